The van der Waals surface area contributed by atoms with E-state index in [0.717, 1.165) is 12.8 Å². The van der Waals surface area contributed by atoms with Crippen molar-refractivity contribution in [1.29, 1.82) is 0 Å². The van der Waals surface area contributed by atoms with E-state index in [9.17, 15) is 9.59 Å². The Bertz CT molecular complexity index is 287. The first-order valence-corrected chi connectivity index (χ1v) is 4.75. The number of hydrogen-bond donors (Lipinski definition) is 3. The number of aliphatic carboxylic acids is 2. The summed E-state index contributed by atoms with van der Waals surface area (Å²) >= 11 is 0. The molecule has 2 aliphatic rings. The molecule has 0 spiro atoms. The lowest BCUT2D eigenvalue weighted by molar-refractivity contribution is -0.140. The molecule has 78 valence electrons. The molecule has 0 aromatic heterocycles. The highest BCUT2D eigenvalue weighted by Gasteiger charge is 2.63. The third kappa shape index (κ3) is 1.37. The Morgan fingerprint density at radius 1 is 1.29 bits per heavy atom. The second kappa shape index (κ2) is 2.95. The lowest BCUT2D eigenvalue weighted by Crippen LogP contribution is -2.34. The average Bonchev–Trinajstić information content (AvgIpc) is 2.95. The molecule has 5 nitrogen and oxygen atoms in total. The molecule has 14 heavy (non-hydrogen) atoms. The molecule has 5 heteroatoms. The summed E-state index contributed by atoms with van der Waals surface area (Å²) in [5, 5.41) is 17.5. The van der Waals surface area contributed by atoms with Crippen molar-refractivity contribution >= 4 is 11.9 Å². The molecule has 0 amide bonds. The van der Waals surface area contributed by atoms with E-state index in [1.807, 2.05) is 0 Å². The zero-order valence-corrected chi connectivity index (χ0v) is 7.59. The predicted molar refractivity (Wildman–Crippen MR) is 46.4 cm³/mol. The van der Waals surface area contributed by atoms with Crippen molar-refractivity contribution in [1.82, 2.24) is 0 Å². The third-order valence-corrected chi connectivity index (χ3v) is 3.28. The van der Waals surface area contributed by atoms with Gasteiger partial charge >= 0.3 is 11.9 Å². The number of hydrogen-bond acceptors (Lipinski definition) is 3. The van der Waals surface area contributed by atoms with Gasteiger partial charge < -0.3 is 15.9 Å². The molecule has 4 atom stereocenters. The first-order valence-electron chi connectivity index (χ1n) is 4.75. The molecule has 4 N–H and O–H groups in total. The number of rotatable bonds is 4. The molecular weight excluding hydrogens is 186 g/mol. The SMILES string of the molecule is N[C@H](C(=O)O)[C@@H]1[C@@H](C(=O)O)[C@@H]1C1CC1. The summed E-state index contributed by atoms with van der Waals surface area (Å²) in [4.78, 5) is 21.4. The van der Waals surface area contributed by atoms with Crippen molar-refractivity contribution in [2.75, 3.05) is 0 Å². The molecule has 0 heterocycles. The highest BCUT2D eigenvalue weighted by molar-refractivity contribution is 5.80. The highest BCUT2D eigenvalue weighted by Crippen LogP contribution is 2.59. The largest absolute Gasteiger partial charge is 0.481 e. The van der Waals surface area contributed by atoms with Gasteiger partial charge in [0, 0.05) is 5.92 Å². The van der Waals surface area contributed by atoms with E-state index in [0.29, 0.717) is 5.92 Å². The quantitative estimate of drug-likeness (QED) is 0.580. The van der Waals surface area contributed by atoms with E-state index in [2.05, 4.69) is 0 Å². The maximum atomic E-state index is 10.8. The number of carboxylic acids is 2. The van der Waals surface area contributed by atoms with Gasteiger partial charge in [-0.25, -0.2) is 0 Å². The molecule has 0 aromatic carbocycles. The van der Waals surface area contributed by atoms with E-state index in [1.165, 1.54) is 0 Å². The van der Waals surface area contributed by atoms with E-state index in [4.69, 9.17) is 15.9 Å². The van der Waals surface area contributed by atoms with Crippen molar-refractivity contribution in [2.24, 2.45) is 29.4 Å². The molecule has 2 rings (SSSR count). The van der Waals surface area contributed by atoms with Gasteiger partial charge in [-0.15, -0.1) is 0 Å². The van der Waals surface area contributed by atoms with Crippen molar-refractivity contribution < 1.29 is 19.8 Å². The summed E-state index contributed by atoms with van der Waals surface area (Å²) < 4.78 is 0. The monoisotopic (exact) mass is 199 g/mol. The fraction of sp³-hybridized carbons (Fsp3) is 0.778. The smallest absolute Gasteiger partial charge is 0.320 e. The molecule has 0 saturated heterocycles. The van der Waals surface area contributed by atoms with Crippen molar-refractivity contribution in [3.8, 4) is 0 Å². The minimum atomic E-state index is -1.09. The van der Waals surface area contributed by atoms with Crippen LogP contribution in [-0.4, -0.2) is 28.2 Å². The lowest BCUT2D eigenvalue weighted by Gasteiger charge is -2.03. The summed E-state index contributed by atoms with van der Waals surface area (Å²) in [7, 11) is 0. The van der Waals surface area contributed by atoms with Gasteiger partial charge in [-0.05, 0) is 24.7 Å². The van der Waals surface area contributed by atoms with Crippen molar-refractivity contribution in [3.63, 3.8) is 0 Å². The van der Waals surface area contributed by atoms with Crippen LogP contribution >= 0.6 is 0 Å². The first-order chi connectivity index (χ1) is 6.54. The molecule has 0 aromatic rings. The van der Waals surface area contributed by atoms with Crippen LogP contribution in [-0.2, 0) is 9.59 Å². The van der Waals surface area contributed by atoms with E-state index in [-0.39, 0.29) is 11.8 Å². The van der Waals surface area contributed by atoms with Gasteiger partial charge in [0.05, 0.1) is 5.92 Å². The minimum absolute atomic E-state index is 0.0126. The number of carboxylic acid groups (broad SMARTS) is 2. The van der Waals surface area contributed by atoms with Crippen molar-refractivity contribution in [2.45, 2.75) is 18.9 Å². The lowest BCUT2D eigenvalue weighted by atomic mass is 10.1. The Kier molecular flexibility index (Phi) is 1.99. The van der Waals surface area contributed by atoms with Crippen molar-refractivity contribution in [3.05, 3.63) is 0 Å². The van der Waals surface area contributed by atoms with Gasteiger partial charge in [-0.3, -0.25) is 9.59 Å². The second-order valence-corrected chi connectivity index (χ2v) is 4.22. The Labute approximate surface area is 80.9 Å². The van der Waals surface area contributed by atoms with Crippen LogP contribution < -0.4 is 5.73 Å². The summed E-state index contributed by atoms with van der Waals surface area (Å²) in [5.41, 5.74) is 5.44. The fourth-order valence-corrected chi connectivity index (χ4v) is 2.40. The van der Waals surface area contributed by atoms with Crippen LogP contribution in [0.25, 0.3) is 0 Å². The number of nitrogens with two attached hydrogens (primary N) is 1. The Morgan fingerprint density at radius 3 is 2.21 bits per heavy atom. The molecule has 2 aliphatic carbocycles. The Balaban J connectivity index is 2.04. The molecule has 2 fully saturated rings. The first kappa shape index (κ1) is 9.45. The van der Waals surface area contributed by atoms with Crippen LogP contribution in [0.4, 0.5) is 0 Å². The second-order valence-electron chi connectivity index (χ2n) is 4.22. The normalized spacial score (nSPS) is 37.6. The van der Waals surface area contributed by atoms with Crippen LogP contribution in [0, 0.1) is 23.7 Å². The topological polar surface area (TPSA) is 101 Å². The summed E-state index contributed by atoms with van der Waals surface area (Å²) in [6.45, 7) is 0. The predicted octanol–water partition coefficient (Wildman–Crippen LogP) is -0.245. The van der Waals surface area contributed by atoms with Crippen LogP contribution in [0.2, 0.25) is 0 Å². The zero-order chi connectivity index (χ0) is 10.5. The average molecular weight is 199 g/mol. The minimum Gasteiger partial charge on any atom is -0.481 e. The van der Waals surface area contributed by atoms with Gasteiger partial charge in [0.25, 0.3) is 0 Å². The van der Waals surface area contributed by atoms with Gasteiger partial charge in [-0.1, -0.05) is 0 Å². The fourth-order valence-electron chi connectivity index (χ4n) is 2.40. The van der Waals surface area contributed by atoms with E-state index >= 15 is 0 Å². The molecule has 0 unspecified atom stereocenters. The summed E-state index contributed by atoms with van der Waals surface area (Å²) in [6.07, 6.45) is 2.05. The molecule has 0 aliphatic heterocycles. The molecular formula is C9H13NO4. The molecule has 2 saturated carbocycles. The zero-order valence-electron chi connectivity index (χ0n) is 7.59. The van der Waals surface area contributed by atoms with E-state index in [1.54, 1.807) is 0 Å². The number of carbonyl (C=O) groups is 2. The van der Waals surface area contributed by atoms with Crippen LogP contribution in [0.5, 0.6) is 0 Å². The maximum absolute atomic E-state index is 10.8. The van der Waals surface area contributed by atoms with Crippen LogP contribution in [0.15, 0.2) is 0 Å². The van der Waals surface area contributed by atoms with Gasteiger partial charge in [0.1, 0.15) is 6.04 Å². The Morgan fingerprint density at radius 2 is 1.86 bits per heavy atom. The maximum Gasteiger partial charge on any atom is 0.320 e. The highest BCUT2D eigenvalue weighted by atomic mass is 16.4. The summed E-state index contributed by atoms with van der Waals surface area (Å²) in [6, 6.07) is -1.01. The third-order valence-electron chi connectivity index (χ3n) is 3.28. The van der Waals surface area contributed by atoms with Gasteiger partial charge in [0.2, 0.25) is 0 Å². The van der Waals surface area contributed by atoms with Crippen LogP contribution in [0.1, 0.15) is 12.8 Å². The van der Waals surface area contributed by atoms with E-state index < -0.39 is 23.9 Å². The molecule has 0 radical (unpaired) electrons. The molecule has 0 bridgehead atoms. The van der Waals surface area contributed by atoms with Gasteiger partial charge in [-0.2, -0.15) is 0 Å². The summed E-state index contributed by atoms with van der Waals surface area (Å²) in [5.74, 6) is -2.44. The standard InChI is InChI=1S/C9H13NO4/c10-7(9(13)14)5-4(3-1-2-3)6(5)8(11)12/h3-7H,1-2,10H2,(H,11,12)(H,13,14)/t4-,5+,6+,7+/m1/s1. The Hall–Kier alpha value is -1.10. The van der Waals surface area contributed by atoms with Gasteiger partial charge in [0.15, 0.2) is 0 Å². The van der Waals surface area contributed by atoms with Crippen LogP contribution in [0.3, 0.4) is 0 Å².